The molecule has 1 amide bonds. The van der Waals surface area contributed by atoms with Crippen molar-refractivity contribution in [3.8, 4) is 17.2 Å². The van der Waals surface area contributed by atoms with Gasteiger partial charge in [-0.25, -0.2) is 4.79 Å². The van der Waals surface area contributed by atoms with E-state index in [0.717, 1.165) is 0 Å². The molecule has 3 N–H and O–H groups in total. The number of methoxy groups -OCH3 is 1. The summed E-state index contributed by atoms with van der Waals surface area (Å²) in [5.41, 5.74) is 4.79. The second-order valence-electron chi connectivity index (χ2n) is 2.25. The summed E-state index contributed by atoms with van der Waals surface area (Å²) in [6.45, 7) is 0. The lowest BCUT2D eigenvalue weighted by atomic mass is 10.3. The molecule has 0 radical (unpaired) electrons. The fourth-order valence-corrected chi connectivity index (χ4v) is 0.838. The SMILES string of the molecule is COc1cc(OC(N)=O)ccc1O. The summed E-state index contributed by atoms with van der Waals surface area (Å²) >= 11 is 0. The first-order chi connectivity index (χ1) is 6.13. The largest absolute Gasteiger partial charge is 0.504 e. The standard InChI is InChI=1S/C8H9NO4/c1-12-7-4-5(13-8(9)11)2-3-6(7)10/h2-4,10H,1H3,(H2,9,11). The molecule has 0 saturated heterocycles. The van der Waals surface area contributed by atoms with Crippen molar-refractivity contribution >= 4 is 6.09 Å². The van der Waals surface area contributed by atoms with Crippen molar-refractivity contribution in [1.29, 1.82) is 0 Å². The Morgan fingerprint density at radius 3 is 2.77 bits per heavy atom. The van der Waals surface area contributed by atoms with Gasteiger partial charge in [-0.2, -0.15) is 0 Å². The zero-order valence-electron chi connectivity index (χ0n) is 6.98. The molecule has 0 atom stereocenters. The van der Waals surface area contributed by atoms with Crippen LogP contribution in [0.15, 0.2) is 18.2 Å². The molecule has 0 unspecified atom stereocenters. The zero-order valence-corrected chi connectivity index (χ0v) is 6.98. The highest BCUT2D eigenvalue weighted by Gasteiger charge is 2.04. The Hall–Kier alpha value is -1.91. The number of hydrogen-bond acceptors (Lipinski definition) is 4. The van der Waals surface area contributed by atoms with Crippen LogP contribution in [0.5, 0.6) is 17.2 Å². The van der Waals surface area contributed by atoms with Crippen molar-refractivity contribution in [3.05, 3.63) is 18.2 Å². The van der Waals surface area contributed by atoms with Crippen LogP contribution >= 0.6 is 0 Å². The molecule has 70 valence electrons. The Balaban J connectivity index is 2.92. The molecule has 0 bridgehead atoms. The van der Waals surface area contributed by atoms with Crippen molar-refractivity contribution in [2.75, 3.05) is 7.11 Å². The molecular formula is C8H9NO4. The van der Waals surface area contributed by atoms with Gasteiger partial charge in [-0.05, 0) is 12.1 Å². The summed E-state index contributed by atoms with van der Waals surface area (Å²) in [6, 6.07) is 4.11. The third-order valence-corrected chi connectivity index (χ3v) is 1.37. The molecule has 5 nitrogen and oxygen atoms in total. The van der Waals surface area contributed by atoms with Gasteiger partial charge in [0, 0.05) is 6.07 Å². The number of carbonyl (C=O) groups is 1. The van der Waals surface area contributed by atoms with E-state index in [9.17, 15) is 9.90 Å². The van der Waals surface area contributed by atoms with Gasteiger partial charge in [0.25, 0.3) is 0 Å². The molecule has 1 aromatic carbocycles. The molecule has 0 fully saturated rings. The number of ether oxygens (including phenoxy) is 2. The third kappa shape index (κ3) is 2.26. The Bertz CT molecular complexity index is 324. The summed E-state index contributed by atoms with van der Waals surface area (Å²) < 4.78 is 9.34. The van der Waals surface area contributed by atoms with E-state index in [2.05, 4.69) is 4.74 Å². The van der Waals surface area contributed by atoms with Crippen LogP contribution in [0.25, 0.3) is 0 Å². The topological polar surface area (TPSA) is 81.8 Å². The highest BCUT2D eigenvalue weighted by atomic mass is 16.5. The first kappa shape index (κ1) is 9.18. The molecule has 5 heteroatoms. The summed E-state index contributed by atoms with van der Waals surface area (Å²) in [5.74, 6) is 0.417. The number of amides is 1. The Morgan fingerprint density at radius 1 is 1.54 bits per heavy atom. The van der Waals surface area contributed by atoms with E-state index in [0.29, 0.717) is 0 Å². The Morgan fingerprint density at radius 2 is 2.23 bits per heavy atom. The smallest absolute Gasteiger partial charge is 0.409 e. The number of hydrogen-bond donors (Lipinski definition) is 2. The van der Waals surface area contributed by atoms with Crippen LogP contribution in [0.2, 0.25) is 0 Å². The van der Waals surface area contributed by atoms with E-state index >= 15 is 0 Å². The van der Waals surface area contributed by atoms with Gasteiger partial charge in [-0.3, -0.25) is 0 Å². The third-order valence-electron chi connectivity index (χ3n) is 1.37. The summed E-state index contributed by atoms with van der Waals surface area (Å²) in [4.78, 5) is 10.3. The quantitative estimate of drug-likeness (QED) is 0.712. The minimum absolute atomic E-state index is 0.0284. The maximum absolute atomic E-state index is 10.3. The Kier molecular flexibility index (Phi) is 2.59. The van der Waals surface area contributed by atoms with Crippen molar-refractivity contribution in [2.45, 2.75) is 0 Å². The minimum atomic E-state index is -0.909. The zero-order chi connectivity index (χ0) is 9.84. The first-order valence-electron chi connectivity index (χ1n) is 3.48. The van der Waals surface area contributed by atoms with E-state index in [1.54, 1.807) is 0 Å². The second-order valence-corrected chi connectivity index (χ2v) is 2.25. The van der Waals surface area contributed by atoms with Gasteiger partial charge in [0.15, 0.2) is 11.5 Å². The van der Waals surface area contributed by atoms with E-state index in [4.69, 9.17) is 10.5 Å². The van der Waals surface area contributed by atoms with Gasteiger partial charge in [-0.15, -0.1) is 0 Å². The molecular weight excluding hydrogens is 174 g/mol. The molecule has 0 aliphatic rings. The van der Waals surface area contributed by atoms with E-state index in [1.807, 2.05) is 0 Å². The fraction of sp³-hybridized carbons (Fsp3) is 0.125. The summed E-state index contributed by atoms with van der Waals surface area (Å²) in [6.07, 6.45) is -0.909. The first-order valence-corrected chi connectivity index (χ1v) is 3.48. The number of nitrogens with two attached hydrogens (primary N) is 1. The molecule has 0 heterocycles. The number of primary amides is 1. The van der Waals surface area contributed by atoms with Crippen LogP contribution in [-0.2, 0) is 0 Å². The monoisotopic (exact) mass is 183 g/mol. The van der Waals surface area contributed by atoms with Crippen LogP contribution in [-0.4, -0.2) is 18.3 Å². The number of aromatic hydroxyl groups is 1. The Labute approximate surface area is 74.7 Å². The lowest BCUT2D eigenvalue weighted by molar-refractivity contribution is 0.210. The lowest BCUT2D eigenvalue weighted by Crippen LogP contribution is -2.16. The summed E-state index contributed by atoms with van der Waals surface area (Å²) in [7, 11) is 1.39. The van der Waals surface area contributed by atoms with Gasteiger partial charge in [0.1, 0.15) is 5.75 Å². The molecule has 1 aromatic rings. The molecule has 0 spiro atoms. The van der Waals surface area contributed by atoms with Crippen molar-refractivity contribution < 1.29 is 19.4 Å². The van der Waals surface area contributed by atoms with Crippen LogP contribution in [0.4, 0.5) is 4.79 Å². The molecule has 13 heavy (non-hydrogen) atoms. The van der Waals surface area contributed by atoms with Crippen molar-refractivity contribution in [3.63, 3.8) is 0 Å². The number of phenolic OH excluding ortho intramolecular Hbond substituents is 1. The predicted molar refractivity (Wildman–Crippen MR) is 44.9 cm³/mol. The highest BCUT2D eigenvalue weighted by molar-refractivity contribution is 5.68. The molecule has 1 rings (SSSR count). The average molecular weight is 183 g/mol. The molecule has 0 saturated carbocycles. The van der Waals surface area contributed by atoms with E-state index in [1.165, 1.54) is 25.3 Å². The van der Waals surface area contributed by atoms with Gasteiger partial charge in [0.2, 0.25) is 0 Å². The molecule has 0 aliphatic heterocycles. The number of carbonyl (C=O) groups excluding carboxylic acids is 1. The van der Waals surface area contributed by atoms with Gasteiger partial charge >= 0.3 is 6.09 Å². The summed E-state index contributed by atoms with van der Waals surface area (Å²) in [5, 5.41) is 9.17. The second kappa shape index (κ2) is 3.66. The minimum Gasteiger partial charge on any atom is -0.504 e. The van der Waals surface area contributed by atoms with Crippen molar-refractivity contribution in [2.24, 2.45) is 5.73 Å². The van der Waals surface area contributed by atoms with Gasteiger partial charge < -0.3 is 20.3 Å². The van der Waals surface area contributed by atoms with Crippen LogP contribution in [0.1, 0.15) is 0 Å². The molecule has 0 aliphatic carbocycles. The predicted octanol–water partition coefficient (Wildman–Crippen LogP) is 0.858. The van der Waals surface area contributed by atoms with Gasteiger partial charge in [0.05, 0.1) is 7.11 Å². The molecule has 0 aromatic heterocycles. The fourth-order valence-electron chi connectivity index (χ4n) is 0.838. The number of benzene rings is 1. The number of rotatable bonds is 2. The maximum Gasteiger partial charge on any atom is 0.409 e. The van der Waals surface area contributed by atoms with E-state index < -0.39 is 6.09 Å². The van der Waals surface area contributed by atoms with Crippen molar-refractivity contribution in [1.82, 2.24) is 0 Å². The maximum atomic E-state index is 10.3. The van der Waals surface area contributed by atoms with Crippen LogP contribution in [0, 0.1) is 0 Å². The normalized spacial score (nSPS) is 9.31. The van der Waals surface area contributed by atoms with Crippen LogP contribution in [0.3, 0.4) is 0 Å². The highest BCUT2D eigenvalue weighted by Crippen LogP contribution is 2.29. The number of phenols is 1. The van der Waals surface area contributed by atoms with Gasteiger partial charge in [-0.1, -0.05) is 0 Å². The van der Waals surface area contributed by atoms with E-state index in [-0.39, 0.29) is 17.2 Å². The average Bonchev–Trinajstić information content (AvgIpc) is 2.07. The van der Waals surface area contributed by atoms with Crippen LogP contribution < -0.4 is 15.2 Å². The lowest BCUT2D eigenvalue weighted by Gasteiger charge is -2.05.